The quantitative estimate of drug-likeness (QED) is 0.412. The van der Waals surface area contributed by atoms with Crippen molar-refractivity contribution >= 4 is 56.0 Å². The first kappa shape index (κ1) is 12.4. The van der Waals surface area contributed by atoms with E-state index < -0.39 is 0 Å². The van der Waals surface area contributed by atoms with Gasteiger partial charge in [0.05, 0.1) is 0 Å². The molecule has 0 atom stereocenters. The van der Waals surface area contributed by atoms with E-state index in [1.54, 1.807) is 0 Å². The molecule has 0 N–H and O–H groups in total. The maximum Gasteiger partial charge on any atom is 0.0215 e. The van der Waals surface area contributed by atoms with Gasteiger partial charge in [-0.05, 0) is 85.3 Å². The van der Waals surface area contributed by atoms with E-state index in [4.69, 9.17) is 0 Å². The highest BCUT2D eigenvalue weighted by Crippen LogP contribution is 2.31. The lowest BCUT2D eigenvalue weighted by atomic mass is 10.0. The molecule has 2 heteroatoms. The van der Waals surface area contributed by atoms with Crippen LogP contribution < -0.4 is 0 Å². The number of hydrogen-bond donors (Lipinski definition) is 0. The van der Waals surface area contributed by atoms with Gasteiger partial charge < -0.3 is 0 Å². The van der Waals surface area contributed by atoms with Crippen LogP contribution in [0, 0.1) is 7.14 Å². The van der Waals surface area contributed by atoms with Crippen molar-refractivity contribution in [3.05, 3.63) is 67.8 Å². The number of hydrogen-bond acceptors (Lipinski definition) is 0. The summed E-state index contributed by atoms with van der Waals surface area (Å²) in [5, 5.41) is 2.67. The molecule has 0 spiro atoms. The second-order valence-corrected chi connectivity index (χ2v) is 6.48. The normalized spacial score (nSPS) is 10.8. The molecule has 3 aromatic rings. The molecular formula is C16H10I2. The van der Waals surface area contributed by atoms with Crippen LogP contribution in [0.25, 0.3) is 21.9 Å². The van der Waals surface area contributed by atoms with Crippen LogP contribution in [0.1, 0.15) is 0 Å². The fourth-order valence-corrected chi connectivity index (χ4v) is 3.56. The maximum atomic E-state index is 2.42. The highest BCUT2D eigenvalue weighted by atomic mass is 127. The summed E-state index contributed by atoms with van der Waals surface area (Å²) in [6.07, 6.45) is 0. The van der Waals surface area contributed by atoms with E-state index in [1.165, 1.54) is 29.0 Å². The van der Waals surface area contributed by atoms with E-state index in [0.29, 0.717) is 0 Å². The van der Waals surface area contributed by atoms with Crippen LogP contribution in [-0.2, 0) is 0 Å². The molecule has 0 unspecified atom stereocenters. The first-order valence-electron chi connectivity index (χ1n) is 5.69. The van der Waals surface area contributed by atoms with Crippen molar-refractivity contribution in [1.82, 2.24) is 0 Å². The number of halogens is 2. The van der Waals surface area contributed by atoms with Crippen LogP contribution in [0.3, 0.4) is 0 Å². The topological polar surface area (TPSA) is 0 Å². The van der Waals surface area contributed by atoms with E-state index in [-0.39, 0.29) is 0 Å². The molecule has 18 heavy (non-hydrogen) atoms. The van der Waals surface area contributed by atoms with Gasteiger partial charge in [0.25, 0.3) is 0 Å². The van der Waals surface area contributed by atoms with Crippen LogP contribution in [0.5, 0.6) is 0 Å². The van der Waals surface area contributed by atoms with Crippen molar-refractivity contribution in [2.45, 2.75) is 0 Å². The van der Waals surface area contributed by atoms with Gasteiger partial charge in [0.2, 0.25) is 0 Å². The monoisotopic (exact) mass is 456 g/mol. The number of rotatable bonds is 1. The van der Waals surface area contributed by atoms with Gasteiger partial charge >= 0.3 is 0 Å². The summed E-state index contributed by atoms with van der Waals surface area (Å²) in [6.45, 7) is 0. The van der Waals surface area contributed by atoms with Crippen LogP contribution in [0.15, 0.2) is 60.7 Å². The second kappa shape index (κ2) is 5.17. The molecule has 88 valence electrons. The molecule has 0 aliphatic rings. The van der Waals surface area contributed by atoms with Crippen LogP contribution in [0.2, 0.25) is 0 Å². The Balaban J connectivity index is 2.31. The van der Waals surface area contributed by atoms with E-state index >= 15 is 0 Å². The fraction of sp³-hybridized carbons (Fsp3) is 0. The summed E-state index contributed by atoms with van der Waals surface area (Å²) in [4.78, 5) is 0. The number of benzene rings is 3. The molecule has 3 aromatic carbocycles. The third-order valence-electron chi connectivity index (χ3n) is 3.00. The van der Waals surface area contributed by atoms with E-state index in [0.717, 1.165) is 0 Å². The van der Waals surface area contributed by atoms with Crippen molar-refractivity contribution in [2.24, 2.45) is 0 Å². The molecule has 0 amide bonds. The molecule has 0 aromatic heterocycles. The van der Waals surface area contributed by atoms with Gasteiger partial charge in [-0.2, -0.15) is 0 Å². The van der Waals surface area contributed by atoms with Crippen molar-refractivity contribution in [3.8, 4) is 11.1 Å². The second-order valence-electron chi connectivity index (χ2n) is 4.16. The highest BCUT2D eigenvalue weighted by molar-refractivity contribution is 14.1. The lowest BCUT2D eigenvalue weighted by Crippen LogP contribution is -1.85. The molecule has 0 nitrogen and oxygen atoms in total. The lowest BCUT2D eigenvalue weighted by molar-refractivity contribution is 1.61. The van der Waals surface area contributed by atoms with Gasteiger partial charge in [0.1, 0.15) is 0 Å². The van der Waals surface area contributed by atoms with Crippen LogP contribution in [0.4, 0.5) is 0 Å². The standard InChI is InChI=1S/C16H10I2/c17-15-8-4-7-13-14(15)9-12(10-16(13)18)11-5-2-1-3-6-11/h1-10H. The third kappa shape index (κ3) is 2.28. The Labute approximate surface area is 134 Å². The van der Waals surface area contributed by atoms with E-state index in [2.05, 4.69) is 106 Å². The Morgan fingerprint density at radius 2 is 1.33 bits per heavy atom. The number of fused-ring (bicyclic) bond motifs is 1. The summed E-state index contributed by atoms with van der Waals surface area (Å²) < 4.78 is 2.61. The molecular weight excluding hydrogens is 446 g/mol. The maximum absolute atomic E-state index is 2.42. The first-order chi connectivity index (χ1) is 8.75. The molecule has 0 saturated carbocycles. The zero-order valence-electron chi connectivity index (χ0n) is 9.53. The smallest absolute Gasteiger partial charge is 0.0215 e. The van der Waals surface area contributed by atoms with E-state index in [1.807, 2.05) is 0 Å². The summed E-state index contributed by atoms with van der Waals surface area (Å²) in [7, 11) is 0. The van der Waals surface area contributed by atoms with Gasteiger partial charge in [-0.1, -0.05) is 42.5 Å². The Morgan fingerprint density at radius 1 is 0.556 bits per heavy atom. The molecule has 0 fully saturated rings. The average molecular weight is 456 g/mol. The van der Waals surface area contributed by atoms with Crippen molar-refractivity contribution in [3.63, 3.8) is 0 Å². The summed E-state index contributed by atoms with van der Waals surface area (Å²) in [6, 6.07) is 21.6. The van der Waals surface area contributed by atoms with E-state index in [9.17, 15) is 0 Å². The summed E-state index contributed by atoms with van der Waals surface area (Å²) in [5.41, 5.74) is 2.56. The first-order valence-corrected chi connectivity index (χ1v) is 7.84. The van der Waals surface area contributed by atoms with Gasteiger partial charge in [-0.15, -0.1) is 0 Å². The Morgan fingerprint density at radius 3 is 2.11 bits per heavy atom. The molecule has 0 saturated heterocycles. The Kier molecular flexibility index (Phi) is 3.56. The zero-order chi connectivity index (χ0) is 12.5. The fourth-order valence-electron chi connectivity index (χ4n) is 2.10. The minimum atomic E-state index is 1.27. The lowest BCUT2D eigenvalue weighted by Gasteiger charge is -2.08. The van der Waals surface area contributed by atoms with Crippen LogP contribution >= 0.6 is 45.2 Å². The van der Waals surface area contributed by atoms with Gasteiger partial charge in [-0.25, -0.2) is 0 Å². The van der Waals surface area contributed by atoms with Gasteiger partial charge in [0, 0.05) is 7.14 Å². The highest BCUT2D eigenvalue weighted by Gasteiger charge is 2.05. The summed E-state index contributed by atoms with van der Waals surface area (Å²) >= 11 is 4.83. The minimum Gasteiger partial charge on any atom is -0.0622 e. The van der Waals surface area contributed by atoms with Gasteiger partial charge in [-0.3, -0.25) is 0 Å². The molecule has 0 aliphatic heterocycles. The SMILES string of the molecule is Ic1cc(-c2ccccc2)cc2c(I)cccc12. The predicted octanol–water partition coefficient (Wildman–Crippen LogP) is 5.72. The largest absolute Gasteiger partial charge is 0.0622 e. The molecule has 0 radical (unpaired) electrons. The molecule has 0 heterocycles. The van der Waals surface area contributed by atoms with Crippen molar-refractivity contribution in [2.75, 3.05) is 0 Å². The minimum absolute atomic E-state index is 1.27. The van der Waals surface area contributed by atoms with Crippen molar-refractivity contribution < 1.29 is 0 Å². The third-order valence-corrected chi connectivity index (χ3v) is 4.83. The van der Waals surface area contributed by atoms with Crippen molar-refractivity contribution in [1.29, 1.82) is 0 Å². The van der Waals surface area contributed by atoms with Gasteiger partial charge in [0.15, 0.2) is 0 Å². The summed E-state index contributed by atoms with van der Waals surface area (Å²) in [5.74, 6) is 0. The molecule has 0 bridgehead atoms. The molecule has 3 rings (SSSR count). The Hall–Kier alpha value is -0.620. The average Bonchev–Trinajstić information content (AvgIpc) is 2.41. The molecule has 0 aliphatic carbocycles. The zero-order valence-corrected chi connectivity index (χ0v) is 13.8. The predicted molar refractivity (Wildman–Crippen MR) is 94.8 cm³/mol. The Bertz CT molecular complexity index is 703. The van der Waals surface area contributed by atoms with Crippen LogP contribution in [-0.4, -0.2) is 0 Å².